The molecule has 0 aromatic heterocycles. The maximum absolute atomic E-state index is 13.1. The van der Waals surface area contributed by atoms with Crippen LogP contribution in [0, 0.1) is 10.1 Å². The highest BCUT2D eigenvalue weighted by atomic mass is 32.2. The average molecular weight is 475 g/mol. The number of rotatable bonds is 9. The van der Waals surface area contributed by atoms with Gasteiger partial charge in [0.2, 0.25) is 10.0 Å². The van der Waals surface area contributed by atoms with E-state index in [9.17, 15) is 36.5 Å². The van der Waals surface area contributed by atoms with Crippen molar-refractivity contribution in [3.8, 4) is 5.75 Å². The number of hydrogen-bond acceptors (Lipinski definition) is 6. The predicted octanol–water partition coefficient (Wildman–Crippen LogP) is 3.66. The first-order valence-corrected chi connectivity index (χ1v) is 10.7. The molecule has 0 aliphatic heterocycles. The zero-order valence-corrected chi connectivity index (χ0v) is 17.9. The van der Waals surface area contributed by atoms with E-state index in [4.69, 9.17) is 4.74 Å². The molecular formula is C19H20F3N3O6S. The number of sulfonamides is 1. The van der Waals surface area contributed by atoms with Crippen molar-refractivity contribution in [1.82, 2.24) is 4.31 Å². The highest BCUT2D eigenvalue weighted by Crippen LogP contribution is 2.38. The predicted molar refractivity (Wildman–Crippen MR) is 109 cm³/mol. The van der Waals surface area contributed by atoms with Gasteiger partial charge in [0.1, 0.15) is 11.3 Å². The molecule has 0 saturated heterocycles. The Bertz CT molecular complexity index is 1080. The standard InChI is InChI=1S/C19H20F3N3O6S/c1-3-24(4-2)32(29,30)15-8-5-13(6-9-15)23-18(26)12-31-17-10-7-14(25(27)28)11-16(17)19(20,21)22/h5-11H,3-4,12H2,1-2H3,(H,23,26). The first-order valence-electron chi connectivity index (χ1n) is 9.28. The van der Waals surface area contributed by atoms with Gasteiger partial charge in [0.25, 0.3) is 11.6 Å². The van der Waals surface area contributed by atoms with Crippen LogP contribution in [0.25, 0.3) is 0 Å². The lowest BCUT2D eigenvalue weighted by atomic mass is 10.1. The second-order valence-electron chi connectivity index (χ2n) is 6.39. The number of alkyl halides is 3. The number of nitrogens with zero attached hydrogens (tertiary/aromatic N) is 2. The van der Waals surface area contributed by atoms with Gasteiger partial charge < -0.3 is 10.1 Å². The van der Waals surface area contributed by atoms with E-state index in [1.807, 2.05) is 0 Å². The van der Waals surface area contributed by atoms with Gasteiger partial charge in [0, 0.05) is 30.9 Å². The van der Waals surface area contributed by atoms with Crippen LogP contribution in [0.2, 0.25) is 0 Å². The fourth-order valence-corrected chi connectivity index (χ4v) is 4.20. The topological polar surface area (TPSA) is 119 Å². The van der Waals surface area contributed by atoms with Gasteiger partial charge in [-0.1, -0.05) is 13.8 Å². The highest BCUT2D eigenvalue weighted by Gasteiger charge is 2.36. The molecule has 0 heterocycles. The van der Waals surface area contributed by atoms with E-state index >= 15 is 0 Å². The fraction of sp³-hybridized carbons (Fsp3) is 0.316. The summed E-state index contributed by atoms with van der Waals surface area (Å²) in [6.07, 6.45) is -4.93. The zero-order valence-electron chi connectivity index (χ0n) is 17.0. The molecule has 13 heteroatoms. The number of carbonyl (C=O) groups is 1. The monoisotopic (exact) mass is 475 g/mol. The summed E-state index contributed by atoms with van der Waals surface area (Å²) < 4.78 is 70.5. The van der Waals surface area contributed by atoms with E-state index < -0.39 is 50.6 Å². The largest absolute Gasteiger partial charge is 0.483 e. The zero-order chi connectivity index (χ0) is 24.1. The Morgan fingerprint density at radius 1 is 1.12 bits per heavy atom. The molecule has 1 amide bonds. The van der Waals surface area contributed by atoms with Gasteiger partial charge in [0.05, 0.1) is 9.82 Å². The van der Waals surface area contributed by atoms with E-state index in [1.165, 1.54) is 28.6 Å². The molecule has 0 saturated carbocycles. The van der Waals surface area contributed by atoms with Gasteiger partial charge >= 0.3 is 6.18 Å². The summed E-state index contributed by atoms with van der Waals surface area (Å²) in [4.78, 5) is 21.8. The number of nitrogens with one attached hydrogen (secondary N) is 1. The summed E-state index contributed by atoms with van der Waals surface area (Å²) in [6, 6.07) is 7.17. The molecule has 0 radical (unpaired) electrons. The number of halogens is 3. The summed E-state index contributed by atoms with van der Waals surface area (Å²) in [5.41, 5.74) is -1.95. The Hall–Kier alpha value is -3.19. The molecule has 0 atom stereocenters. The smallest absolute Gasteiger partial charge is 0.420 e. The van der Waals surface area contributed by atoms with Gasteiger partial charge in [-0.05, 0) is 30.3 Å². The number of nitro benzene ring substituents is 1. The minimum atomic E-state index is -4.93. The third-order valence-corrected chi connectivity index (χ3v) is 6.38. The Morgan fingerprint density at radius 3 is 2.22 bits per heavy atom. The molecule has 0 aliphatic rings. The van der Waals surface area contributed by atoms with E-state index in [0.717, 1.165) is 12.1 Å². The molecule has 0 aliphatic carbocycles. The van der Waals surface area contributed by atoms with E-state index in [1.54, 1.807) is 13.8 Å². The molecular weight excluding hydrogens is 455 g/mol. The minimum Gasteiger partial charge on any atom is -0.483 e. The molecule has 2 rings (SSSR count). The van der Waals surface area contributed by atoms with Crippen molar-refractivity contribution in [3.63, 3.8) is 0 Å². The first-order chi connectivity index (χ1) is 14.9. The van der Waals surface area contributed by atoms with Crippen molar-refractivity contribution < 1.29 is 36.0 Å². The van der Waals surface area contributed by atoms with Crippen LogP contribution in [0.5, 0.6) is 5.75 Å². The van der Waals surface area contributed by atoms with Crippen LogP contribution in [0.3, 0.4) is 0 Å². The van der Waals surface area contributed by atoms with Crippen molar-refractivity contribution in [2.24, 2.45) is 0 Å². The number of benzene rings is 2. The Labute approximate surface area is 182 Å². The molecule has 0 bridgehead atoms. The van der Waals surface area contributed by atoms with Crippen molar-refractivity contribution in [3.05, 3.63) is 58.1 Å². The number of hydrogen-bond donors (Lipinski definition) is 1. The maximum Gasteiger partial charge on any atom is 0.420 e. The lowest BCUT2D eigenvalue weighted by Crippen LogP contribution is -2.30. The lowest BCUT2D eigenvalue weighted by Gasteiger charge is -2.18. The van der Waals surface area contributed by atoms with Crippen LogP contribution in [0.4, 0.5) is 24.5 Å². The number of non-ortho nitro benzene ring substituents is 1. The Morgan fingerprint density at radius 2 is 1.72 bits per heavy atom. The Balaban J connectivity index is 2.09. The van der Waals surface area contributed by atoms with E-state index in [0.29, 0.717) is 6.07 Å². The molecule has 0 fully saturated rings. The van der Waals surface area contributed by atoms with Gasteiger partial charge in [0.15, 0.2) is 6.61 Å². The van der Waals surface area contributed by atoms with Crippen LogP contribution >= 0.6 is 0 Å². The molecule has 174 valence electrons. The lowest BCUT2D eigenvalue weighted by molar-refractivity contribution is -0.385. The average Bonchev–Trinajstić information content (AvgIpc) is 2.72. The van der Waals surface area contributed by atoms with Crippen molar-refractivity contribution >= 4 is 27.3 Å². The summed E-state index contributed by atoms with van der Waals surface area (Å²) in [5, 5.41) is 13.1. The van der Waals surface area contributed by atoms with Gasteiger partial charge in [-0.25, -0.2) is 8.42 Å². The minimum absolute atomic E-state index is 0.0242. The SMILES string of the molecule is CCN(CC)S(=O)(=O)c1ccc(NC(=O)COc2ccc([N+](=O)[O-])cc2C(F)(F)F)cc1. The molecule has 1 N–H and O–H groups in total. The summed E-state index contributed by atoms with van der Waals surface area (Å²) in [7, 11) is -3.68. The first kappa shape index (κ1) is 25.1. The second kappa shape index (κ2) is 9.96. The van der Waals surface area contributed by atoms with Crippen molar-refractivity contribution in [2.45, 2.75) is 24.9 Å². The quantitative estimate of drug-likeness (QED) is 0.437. The van der Waals surface area contributed by atoms with Gasteiger partial charge in [-0.2, -0.15) is 17.5 Å². The molecule has 32 heavy (non-hydrogen) atoms. The summed E-state index contributed by atoms with van der Waals surface area (Å²) in [5.74, 6) is -1.55. The third-order valence-electron chi connectivity index (χ3n) is 4.32. The third kappa shape index (κ3) is 5.95. The van der Waals surface area contributed by atoms with E-state index in [2.05, 4.69) is 5.32 Å². The van der Waals surface area contributed by atoms with Crippen LogP contribution in [0.15, 0.2) is 47.4 Å². The molecule has 0 spiro atoms. The second-order valence-corrected chi connectivity index (χ2v) is 8.32. The van der Waals surface area contributed by atoms with Gasteiger partial charge in [-0.3, -0.25) is 14.9 Å². The number of carbonyl (C=O) groups excluding carboxylic acids is 1. The van der Waals surface area contributed by atoms with Crippen LogP contribution in [-0.2, 0) is 21.0 Å². The summed E-state index contributed by atoms with van der Waals surface area (Å²) in [6.45, 7) is 3.17. The highest BCUT2D eigenvalue weighted by molar-refractivity contribution is 7.89. The van der Waals surface area contributed by atoms with Crippen LogP contribution in [0.1, 0.15) is 19.4 Å². The number of anilines is 1. The number of amides is 1. The fourth-order valence-electron chi connectivity index (χ4n) is 2.74. The van der Waals surface area contributed by atoms with E-state index in [-0.39, 0.29) is 23.7 Å². The number of nitro groups is 1. The molecule has 9 nitrogen and oxygen atoms in total. The van der Waals surface area contributed by atoms with Crippen LogP contribution in [-0.4, -0.2) is 43.2 Å². The molecule has 2 aromatic rings. The summed E-state index contributed by atoms with van der Waals surface area (Å²) >= 11 is 0. The Kier molecular flexibility index (Phi) is 7.80. The maximum atomic E-state index is 13.1. The molecule has 2 aromatic carbocycles. The van der Waals surface area contributed by atoms with Gasteiger partial charge in [-0.15, -0.1) is 0 Å². The van der Waals surface area contributed by atoms with Crippen molar-refractivity contribution in [1.29, 1.82) is 0 Å². The number of ether oxygens (including phenoxy) is 1. The normalized spacial score (nSPS) is 11.9. The van der Waals surface area contributed by atoms with Crippen molar-refractivity contribution in [2.75, 3.05) is 25.0 Å². The molecule has 0 unspecified atom stereocenters. The van der Waals surface area contributed by atoms with Crippen LogP contribution < -0.4 is 10.1 Å².